The highest BCUT2D eigenvalue weighted by atomic mass is 32.1. The number of nitrogens with two attached hydrogens (primary N) is 1. The third-order valence-electron chi connectivity index (χ3n) is 2.42. The molecule has 0 aliphatic rings. The molecule has 0 rings (SSSR count). The van der Waals surface area contributed by atoms with Crippen molar-refractivity contribution in [1.82, 2.24) is 9.80 Å². The van der Waals surface area contributed by atoms with E-state index in [2.05, 4.69) is 30.8 Å². The molecule has 0 bridgehead atoms. The van der Waals surface area contributed by atoms with E-state index in [-0.39, 0.29) is 0 Å². The molecule has 3 nitrogen and oxygen atoms in total. The molecule has 0 spiro atoms. The van der Waals surface area contributed by atoms with Crippen LogP contribution in [0.4, 0.5) is 0 Å². The van der Waals surface area contributed by atoms with Crippen molar-refractivity contribution in [2.24, 2.45) is 5.73 Å². The summed E-state index contributed by atoms with van der Waals surface area (Å²) in [5.41, 5.74) is 5.47. The molecular weight excluding hydrogens is 206 g/mol. The highest BCUT2D eigenvalue weighted by Crippen LogP contribution is 1.97. The minimum absolute atomic E-state index is 0.638. The Kier molecular flexibility index (Phi) is 8.95. The van der Waals surface area contributed by atoms with Crippen molar-refractivity contribution in [2.75, 3.05) is 40.3 Å². The molecule has 0 aliphatic heterocycles. The smallest absolute Gasteiger partial charge is 0.0727 e. The molecule has 0 saturated heterocycles. The van der Waals surface area contributed by atoms with Crippen molar-refractivity contribution < 1.29 is 0 Å². The van der Waals surface area contributed by atoms with E-state index in [1.807, 2.05) is 0 Å². The van der Waals surface area contributed by atoms with Gasteiger partial charge < -0.3 is 15.5 Å². The average Bonchev–Trinajstić information content (AvgIpc) is 2.14. The third kappa shape index (κ3) is 10.1. The van der Waals surface area contributed by atoms with Crippen LogP contribution in [-0.4, -0.2) is 55.1 Å². The van der Waals surface area contributed by atoms with Crippen molar-refractivity contribution >= 4 is 17.2 Å². The van der Waals surface area contributed by atoms with Gasteiger partial charge in [0.05, 0.1) is 4.99 Å². The normalized spacial score (nSPS) is 11.3. The highest BCUT2D eigenvalue weighted by Gasteiger charge is 2.02. The molecule has 0 atom stereocenters. The van der Waals surface area contributed by atoms with Gasteiger partial charge >= 0.3 is 0 Å². The van der Waals surface area contributed by atoms with E-state index in [0.717, 1.165) is 32.5 Å². The van der Waals surface area contributed by atoms with Gasteiger partial charge in [-0.15, -0.1) is 0 Å². The standard InChI is InChI=1S/C11H25N3S/c1-4-14(9-5-7-11(12)15)10-6-8-13(2)3/h4-10H2,1-3H3,(H2,12,15). The molecule has 0 aromatic carbocycles. The van der Waals surface area contributed by atoms with Gasteiger partial charge in [-0.2, -0.15) is 0 Å². The summed E-state index contributed by atoms with van der Waals surface area (Å²) in [6.07, 6.45) is 3.19. The first-order valence-electron chi connectivity index (χ1n) is 5.71. The van der Waals surface area contributed by atoms with Crippen LogP contribution in [0.3, 0.4) is 0 Å². The van der Waals surface area contributed by atoms with Gasteiger partial charge in [0.2, 0.25) is 0 Å². The first kappa shape index (κ1) is 14.8. The first-order valence-corrected chi connectivity index (χ1v) is 6.12. The lowest BCUT2D eigenvalue weighted by Crippen LogP contribution is -2.28. The molecule has 0 fully saturated rings. The van der Waals surface area contributed by atoms with Crippen LogP contribution in [-0.2, 0) is 0 Å². The van der Waals surface area contributed by atoms with Gasteiger partial charge in [-0.25, -0.2) is 0 Å². The van der Waals surface area contributed by atoms with Crippen LogP contribution in [0, 0.1) is 0 Å². The maximum atomic E-state index is 5.47. The van der Waals surface area contributed by atoms with Crippen molar-refractivity contribution in [1.29, 1.82) is 0 Å². The zero-order valence-corrected chi connectivity index (χ0v) is 11.1. The lowest BCUT2D eigenvalue weighted by molar-refractivity contribution is 0.265. The highest BCUT2D eigenvalue weighted by molar-refractivity contribution is 7.80. The molecule has 4 heteroatoms. The summed E-state index contributed by atoms with van der Waals surface area (Å²) in [7, 11) is 4.23. The summed E-state index contributed by atoms with van der Waals surface area (Å²) in [5.74, 6) is 0. The van der Waals surface area contributed by atoms with Crippen molar-refractivity contribution in [3.8, 4) is 0 Å². The number of hydrogen-bond donors (Lipinski definition) is 1. The number of hydrogen-bond acceptors (Lipinski definition) is 3. The van der Waals surface area contributed by atoms with E-state index in [4.69, 9.17) is 18.0 Å². The summed E-state index contributed by atoms with van der Waals surface area (Å²) >= 11 is 4.86. The van der Waals surface area contributed by atoms with Crippen LogP contribution in [0.25, 0.3) is 0 Å². The van der Waals surface area contributed by atoms with Gasteiger partial charge in [0, 0.05) is 0 Å². The fraction of sp³-hybridized carbons (Fsp3) is 0.909. The lowest BCUT2D eigenvalue weighted by Gasteiger charge is -2.21. The van der Waals surface area contributed by atoms with Crippen LogP contribution in [0.1, 0.15) is 26.2 Å². The van der Waals surface area contributed by atoms with Crippen LogP contribution in [0.2, 0.25) is 0 Å². The van der Waals surface area contributed by atoms with Gasteiger partial charge in [-0.3, -0.25) is 0 Å². The summed E-state index contributed by atoms with van der Waals surface area (Å²) in [5, 5.41) is 0. The molecular formula is C11H25N3S. The van der Waals surface area contributed by atoms with E-state index >= 15 is 0 Å². The van der Waals surface area contributed by atoms with Crippen molar-refractivity contribution in [3.63, 3.8) is 0 Å². The molecule has 0 heterocycles. The fourth-order valence-electron chi connectivity index (χ4n) is 1.52. The first-order chi connectivity index (χ1) is 7.06. The Labute approximate surface area is 99.6 Å². The Morgan fingerprint density at radius 2 is 1.73 bits per heavy atom. The third-order valence-corrected chi connectivity index (χ3v) is 2.63. The molecule has 0 saturated carbocycles. The predicted molar refractivity (Wildman–Crippen MR) is 71.3 cm³/mol. The Balaban J connectivity index is 3.50. The van der Waals surface area contributed by atoms with Gasteiger partial charge in [0.25, 0.3) is 0 Å². The second kappa shape index (κ2) is 9.07. The molecule has 2 N–H and O–H groups in total. The Bertz CT molecular complexity index is 171. The quantitative estimate of drug-likeness (QED) is 0.607. The van der Waals surface area contributed by atoms with Crippen LogP contribution in [0.15, 0.2) is 0 Å². The van der Waals surface area contributed by atoms with E-state index in [9.17, 15) is 0 Å². The summed E-state index contributed by atoms with van der Waals surface area (Å²) < 4.78 is 0. The second-order valence-corrected chi connectivity index (χ2v) is 4.69. The largest absolute Gasteiger partial charge is 0.393 e. The maximum absolute atomic E-state index is 5.47. The van der Waals surface area contributed by atoms with Crippen LogP contribution in [0.5, 0.6) is 0 Å². The van der Waals surface area contributed by atoms with Gasteiger partial charge in [-0.05, 0) is 59.5 Å². The topological polar surface area (TPSA) is 32.5 Å². The van der Waals surface area contributed by atoms with Gasteiger partial charge in [-0.1, -0.05) is 19.1 Å². The number of thiocarbonyl (C=S) groups is 1. The number of rotatable bonds is 9. The van der Waals surface area contributed by atoms with Crippen LogP contribution < -0.4 is 5.73 Å². The van der Waals surface area contributed by atoms with Gasteiger partial charge in [0.1, 0.15) is 0 Å². The number of nitrogens with zero attached hydrogens (tertiary/aromatic N) is 2. The molecule has 0 aromatic rings. The molecule has 0 radical (unpaired) electrons. The Morgan fingerprint density at radius 3 is 2.20 bits per heavy atom. The zero-order valence-electron chi connectivity index (χ0n) is 10.3. The molecule has 0 aliphatic carbocycles. The Hall–Kier alpha value is -0.190. The SMILES string of the molecule is CCN(CCCC(N)=S)CCCN(C)C. The second-order valence-electron chi connectivity index (χ2n) is 4.16. The molecule has 0 unspecified atom stereocenters. The van der Waals surface area contributed by atoms with E-state index in [1.165, 1.54) is 13.0 Å². The molecule has 90 valence electrons. The fourth-order valence-corrected chi connectivity index (χ4v) is 1.66. The lowest BCUT2D eigenvalue weighted by atomic mass is 10.2. The summed E-state index contributed by atoms with van der Waals surface area (Å²) in [6.45, 7) is 6.76. The maximum Gasteiger partial charge on any atom is 0.0727 e. The van der Waals surface area contributed by atoms with E-state index < -0.39 is 0 Å². The average molecular weight is 231 g/mol. The van der Waals surface area contributed by atoms with E-state index in [0.29, 0.717) is 4.99 Å². The van der Waals surface area contributed by atoms with Crippen LogP contribution >= 0.6 is 12.2 Å². The minimum atomic E-state index is 0.638. The summed E-state index contributed by atoms with van der Waals surface area (Å²) in [4.78, 5) is 5.32. The zero-order chi connectivity index (χ0) is 11.7. The predicted octanol–water partition coefficient (Wildman–Crippen LogP) is 1.33. The monoisotopic (exact) mass is 231 g/mol. The minimum Gasteiger partial charge on any atom is -0.393 e. The van der Waals surface area contributed by atoms with Gasteiger partial charge in [0.15, 0.2) is 0 Å². The molecule has 0 amide bonds. The summed E-state index contributed by atoms with van der Waals surface area (Å²) in [6, 6.07) is 0. The Morgan fingerprint density at radius 1 is 1.13 bits per heavy atom. The molecule has 0 aromatic heterocycles. The van der Waals surface area contributed by atoms with Crippen molar-refractivity contribution in [3.05, 3.63) is 0 Å². The van der Waals surface area contributed by atoms with E-state index in [1.54, 1.807) is 0 Å². The van der Waals surface area contributed by atoms with Crippen molar-refractivity contribution in [2.45, 2.75) is 26.2 Å². The molecule has 15 heavy (non-hydrogen) atoms.